The van der Waals surface area contributed by atoms with Gasteiger partial charge in [-0.25, -0.2) is 0 Å². The molecule has 1 unspecified atom stereocenters. The molecule has 0 radical (unpaired) electrons. The van der Waals surface area contributed by atoms with Crippen LogP contribution >= 0.6 is 0 Å². The minimum absolute atomic E-state index is 0.377. The molecule has 0 aliphatic carbocycles. The predicted molar refractivity (Wildman–Crippen MR) is 46.5 cm³/mol. The summed E-state index contributed by atoms with van der Waals surface area (Å²) < 4.78 is 5.05. The van der Waals surface area contributed by atoms with Crippen LogP contribution in [0.4, 0.5) is 0 Å². The lowest BCUT2D eigenvalue weighted by Gasteiger charge is -1.99. The van der Waals surface area contributed by atoms with Crippen molar-refractivity contribution in [3.8, 4) is 0 Å². The molecule has 1 rings (SSSR count). The fourth-order valence-electron chi connectivity index (χ4n) is 1.07. The maximum absolute atomic E-state index is 10.5. The van der Waals surface area contributed by atoms with E-state index >= 15 is 0 Å². The maximum Gasteiger partial charge on any atom is 0.244 e. The third-order valence-electron chi connectivity index (χ3n) is 2.01. The van der Waals surface area contributed by atoms with Crippen LogP contribution in [0.2, 0.25) is 0 Å². The Morgan fingerprint density at radius 2 is 2.25 bits per heavy atom. The molecule has 1 atom stereocenters. The lowest BCUT2D eigenvalue weighted by molar-refractivity contribution is -0.114. The average molecular weight is 169 g/mol. The third kappa shape index (κ3) is 3.53. The van der Waals surface area contributed by atoms with E-state index in [0.717, 1.165) is 32.3 Å². The highest BCUT2D eigenvalue weighted by Gasteiger charge is 2.20. The van der Waals surface area contributed by atoms with E-state index in [4.69, 9.17) is 10.5 Å². The molecule has 0 aromatic rings. The molecule has 12 heavy (non-hydrogen) atoms. The summed E-state index contributed by atoms with van der Waals surface area (Å²) in [6.07, 6.45) is 4.40. The summed E-state index contributed by atoms with van der Waals surface area (Å²) >= 11 is 0. The van der Waals surface area contributed by atoms with Crippen molar-refractivity contribution >= 4 is 5.91 Å². The van der Waals surface area contributed by atoms with Gasteiger partial charge in [0.05, 0.1) is 12.7 Å². The Bertz CT molecular complexity index is 185. The molecule has 1 aliphatic rings. The lowest BCUT2D eigenvalue weighted by Crippen LogP contribution is -2.12. The first kappa shape index (κ1) is 9.26. The van der Waals surface area contributed by atoms with Gasteiger partial charge in [0.1, 0.15) is 0 Å². The normalized spacial score (nSPS) is 20.5. The molecule has 0 saturated carbocycles. The van der Waals surface area contributed by atoms with Crippen LogP contribution in [-0.4, -0.2) is 18.6 Å². The molecule has 1 aliphatic heterocycles. The monoisotopic (exact) mass is 169 g/mol. The average Bonchev–Trinajstić information content (AvgIpc) is 2.80. The molecule has 0 bridgehead atoms. The second-order valence-corrected chi connectivity index (χ2v) is 3.17. The van der Waals surface area contributed by atoms with Gasteiger partial charge < -0.3 is 10.5 Å². The summed E-state index contributed by atoms with van der Waals surface area (Å²) in [6.45, 7) is 4.49. The number of amides is 1. The zero-order valence-corrected chi connectivity index (χ0v) is 7.21. The molecular formula is C9H15NO2. The van der Waals surface area contributed by atoms with Crippen LogP contribution in [0.25, 0.3) is 0 Å². The topological polar surface area (TPSA) is 55.6 Å². The minimum Gasteiger partial charge on any atom is -0.373 e. The van der Waals surface area contributed by atoms with Gasteiger partial charge in [-0.05, 0) is 19.3 Å². The molecule has 1 fully saturated rings. The van der Waals surface area contributed by atoms with Crippen molar-refractivity contribution in [1.82, 2.24) is 0 Å². The van der Waals surface area contributed by atoms with Crippen molar-refractivity contribution in [2.45, 2.75) is 31.8 Å². The highest BCUT2D eigenvalue weighted by atomic mass is 16.6. The summed E-state index contributed by atoms with van der Waals surface area (Å²) in [4.78, 5) is 10.5. The van der Waals surface area contributed by atoms with Crippen molar-refractivity contribution in [1.29, 1.82) is 0 Å². The summed E-state index contributed by atoms with van der Waals surface area (Å²) in [7, 11) is 0. The Morgan fingerprint density at radius 1 is 1.58 bits per heavy atom. The number of hydrogen-bond donors (Lipinski definition) is 1. The number of epoxide rings is 1. The zero-order chi connectivity index (χ0) is 8.97. The van der Waals surface area contributed by atoms with Gasteiger partial charge in [-0.3, -0.25) is 4.79 Å². The van der Waals surface area contributed by atoms with E-state index in [9.17, 15) is 4.79 Å². The maximum atomic E-state index is 10.5. The van der Waals surface area contributed by atoms with E-state index < -0.39 is 0 Å². The van der Waals surface area contributed by atoms with E-state index in [1.54, 1.807) is 0 Å². The van der Waals surface area contributed by atoms with Gasteiger partial charge in [0, 0.05) is 5.57 Å². The van der Waals surface area contributed by atoms with Crippen molar-refractivity contribution in [2.75, 3.05) is 6.61 Å². The smallest absolute Gasteiger partial charge is 0.244 e. The second kappa shape index (κ2) is 4.26. The molecule has 68 valence electrons. The molecule has 1 amide bonds. The number of hydrogen-bond acceptors (Lipinski definition) is 2. The molecule has 2 N–H and O–H groups in total. The van der Waals surface area contributed by atoms with Gasteiger partial charge in [0.2, 0.25) is 5.91 Å². The quantitative estimate of drug-likeness (QED) is 0.366. The fourth-order valence-corrected chi connectivity index (χ4v) is 1.07. The minimum atomic E-state index is -0.377. The van der Waals surface area contributed by atoms with Crippen molar-refractivity contribution in [3.05, 3.63) is 12.2 Å². The zero-order valence-electron chi connectivity index (χ0n) is 7.21. The predicted octanol–water partition coefficient (Wildman–Crippen LogP) is 0.987. The number of unbranched alkanes of at least 4 members (excludes halogenated alkanes) is 1. The first-order chi connectivity index (χ1) is 5.70. The summed E-state index contributed by atoms with van der Waals surface area (Å²) in [5.74, 6) is -0.377. The molecule has 3 heteroatoms. The van der Waals surface area contributed by atoms with Crippen LogP contribution in [-0.2, 0) is 9.53 Å². The number of carbonyl (C=O) groups excluding carboxylic acids is 1. The van der Waals surface area contributed by atoms with Crippen LogP contribution in [0.1, 0.15) is 25.7 Å². The number of nitrogens with two attached hydrogens (primary N) is 1. The van der Waals surface area contributed by atoms with Gasteiger partial charge in [0.25, 0.3) is 0 Å². The Hall–Kier alpha value is -0.830. The number of primary amides is 1. The van der Waals surface area contributed by atoms with Gasteiger partial charge in [-0.1, -0.05) is 13.0 Å². The Labute approximate surface area is 72.6 Å². The first-order valence-corrected chi connectivity index (χ1v) is 4.29. The van der Waals surface area contributed by atoms with Crippen LogP contribution in [0.15, 0.2) is 12.2 Å². The van der Waals surface area contributed by atoms with Gasteiger partial charge >= 0.3 is 0 Å². The van der Waals surface area contributed by atoms with Crippen LogP contribution in [0.3, 0.4) is 0 Å². The summed E-state index contributed by atoms with van der Waals surface area (Å²) in [5, 5.41) is 0. The number of rotatable bonds is 6. The highest BCUT2D eigenvalue weighted by Crippen LogP contribution is 2.17. The lowest BCUT2D eigenvalue weighted by atomic mass is 10.1. The van der Waals surface area contributed by atoms with Crippen LogP contribution < -0.4 is 5.73 Å². The molecule has 1 saturated heterocycles. The van der Waals surface area contributed by atoms with E-state index in [0.29, 0.717) is 11.7 Å². The third-order valence-corrected chi connectivity index (χ3v) is 2.01. The standard InChI is InChI=1S/C9H15NO2/c1-7(9(10)11)4-2-3-5-8-6-12-8/h8H,1-6H2,(H2,10,11). The Balaban J connectivity index is 1.93. The van der Waals surface area contributed by atoms with Crippen molar-refractivity contribution in [3.63, 3.8) is 0 Å². The second-order valence-electron chi connectivity index (χ2n) is 3.17. The number of carbonyl (C=O) groups is 1. The Kier molecular flexibility index (Phi) is 3.29. The van der Waals surface area contributed by atoms with Gasteiger partial charge in [-0.2, -0.15) is 0 Å². The summed E-state index contributed by atoms with van der Waals surface area (Å²) in [6, 6.07) is 0. The Morgan fingerprint density at radius 3 is 2.75 bits per heavy atom. The SMILES string of the molecule is C=C(CCCCC1CO1)C(N)=O. The molecular weight excluding hydrogens is 154 g/mol. The number of ether oxygens (including phenoxy) is 1. The summed E-state index contributed by atoms with van der Waals surface area (Å²) in [5.41, 5.74) is 5.56. The van der Waals surface area contributed by atoms with Crippen LogP contribution in [0.5, 0.6) is 0 Å². The van der Waals surface area contributed by atoms with E-state index in [1.165, 1.54) is 0 Å². The molecule has 3 nitrogen and oxygen atoms in total. The highest BCUT2D eigenvalue weighted by molar-refractivity contribution is 5.91. The fraction of sp³-hybridized carbons (Fsp3) is 0.667. The van der Waals surface area contributed by atoms with E-state index in [-0.39, 0.29) is 5.91 Å². The largest absolute Gasteiger partial charge is 0.373 e. The first-order valence-electron chi connectivity index (χ1n) is 4.29. The molecule has 1 heterocycles. The van der Waals surface area contributed by atoms with E-state index in [1.807, 2.05) is 0 Å². The van der Waals surface area contributed by atoms with E-state index in [2.05, 4.69) is 6.58 Å². The van der Waals surface area contributed by atoms with Crippen molar-refractivity contribution < 1.29 is 9.53 Å². The van der Waals surface area contributed by atoms with Gasteiger partial charge in [-0.15, -0.1) is 0 Å². The van der Waals surface area contributed by atoms with Crippen molar-refractivity contribution in [2.24, 2.45) is 5.73 Å². The van der Waals surface area contributed by atoms with Gasteiger partial charge in [0.15, 0.2) is 0 Å². The molecule has 0 spiro atoms. The molecule has 0 aromatic carbocycles. The molecule has 0 aromatic heterocycles. The van der Waals surface area contributed by atoms with Crippen LogP contribution in [0, 0.1) is 0 Å².